The van der Waals surface area contributed by atoms with Gasteiger partial charge in [0.25, 0.3) is 0 Å². The number of nitrogens with two attached hydrogens (primary N) is 1. The molecule has 1 unspecified atom stereocenters. The number of fused-ring (bicyclic) bond motifs is 3. The molecule has 31 heavy (non-hydrogen) atoms. The van der Waals surface area contributed by atoms with Gasteiger partial charge in [-0.3, -0.25) is 9.56 Å². The molecular formula is C22H24N6O3. The summed E-state index contributed by atoms with van der Waals surface area (Å²) in [5.41, 5.74) is 10.8. The maximum absolute atomic E-state index is 11.0. The van der Waals surface area contributed by atoms with Crippen LogP contribution in [0.4, 0.5) is 5.82 Å². The molecule has 0 radical (unpaired) electrons. The normalized spacial score (nSPS) is 18.3. The predicted molar refractivity (Wildman–Crippen MR) is 117 cm³/mol. The molecule has 1 atom stereocenters. The maximum atomic E-state index is 11.0. The molecule has 3 N–H and O–H groups in total. The summed E-state index contributed by atoms with van der Waals surface area (Å²) in [6, 6.07) is 3.67. The van der Waals surface area contributed by atoms with Crippen LogP contribution in [0.1, 0.15) is 53.9 Å². The minimum atomic E-state index is -0.667. The predicted octanol–water partition coefficient (Wildman–Crippen LogP) is 3.06. The van der Waals surface area contributed by atoms with Crippen LogP contribution in [-0.2, 0) is 6.42 Å². The van der Waals surface area contributed by atoms with Gasteiger partial charge in [-0.25, -0.2) is 9.98 Å². The zero-order chi connectivity index (χ0) is 21.7. The van der Waals surface area contributed by atoms with E-state index in [1.165, 1.54) is 0 Å². The maximum Gasteiger partial charge on any atom is 0.213 e. The Hall–Kier alpha value is -3.46. The number of ether oxygens (including phenoxy) is 1. The van der Waals surface area contributed by atoms with Crippen molar-refractivity contribution >= 4 is 18.4 Å². The number of aromatic nitrogens is 3. The van der Waals surface area contributed by atoms with E-state index in [1.807, 2.05) is 10.6 Å². The van der Waals surface area contributed by atoms with E-state index < -0.39 is 6.10 Å². The van der Waals surface area contributed by atoms with Crippen LogP contribution in [0.15, 0.2) is 32.8 Å². The fourth-order valence-corrected chi connectivity index (χ4v) is 4.38. The van der Waals surface area contributed by atoms with Crippen molar-refractivity contribution in [2.24, 2.45) is 15.7 Å². The van der Waals surface area contributed by atoms with Crippen molar-refractivity contribution in [1.29, 1.82) is 0 Å². The Labute approximate surface area is 179 Å². The number of hydrogen-bond acceptors (Lipinski definition) is 7. The lowest BCUT2D eigenvalue weighted by atomic mass is 9.99. The van der Waals surface area contributed by atoms with Gasteiger partial charge in [0.05, 0.1) is 36.2 Å². The van der Waals surface area contributed by atoms with Crippen molar-refractivity contribution in [2.45, 2.75) is 37.7 Å². The van der Waals surface area contributed by atoms with Crippen LogP contribution in [0.2, 0.25) is 0 Å². The standard InChI is InChI=1S/C22H24N6O3/c1-24-21(23)18-16-13(28(22(18)25-2)12-6-9-15(30-3)26-10-12)7-8-14(29)17-19(16)27-31-20(17)11-4-5-11/h6,9-11,14,29H,2,4-5,7-8H2,1,3H3,(H2,23,24). The van der Waals surface area contributed by atoms with E-state index in [-0.39, 0.29) is 0 Å². The van der Waals surface area contributed by atoms with Crippen molar-refractivity contribution in [1.82, 2.24) is 14.7 Å². The first-order chi connectivity index (χ1) is 15.1. The molecular weight excluding hydrogens is 396 g/mol. The van der Waals surface area contributed by atoms with Gasteiger partial charge >= 0.3 is 0 Å². The highest BCUT2D eigenvalue weighted by Gasteiger charge is 2.40. The number of aliphatic hydroxyl groups excluding tert-OH is 1. The number of pyridine rings is 1. The smallest absolute Gasteiger partial charge is 0.213 e. The lowest BCUT2D eigenvalue weighted by Crippen LogP contribution is -2.14. The van der Waals surface area contributed by atoms with Crippen LogP contribution in [0, 0.1) is 0 Å². The van der Waals surface area contributed by atoms with Gasteiger partial charge in [0.1, 0.15) is 23.1 Å². The number of hydrogen-bond donors (Lipinski definition) is 2. The van der Waals surface area contributed by atoms with E-state index >= 15 is 0 Å². The summed E-state index contributed by atoms with van der Waals surface area (Å²) in [7, 11) is 3.20. The fourth-order valence-electron chi connectivity index (χ4n) is 4.38. The number of methoxy groups -OCH3 is 1. The Morgan fingerprint density at radius 1 is 1.35 bits per heavy atom. The van der Waals surface area contributed by atoms with E-state index in [4.69, 9.17) is 15.0 Å². The summed E-state index contributed by atoms with van der Waals surface area (Å²) < 4.78 is 12.9. The topological polar surface area (TPSA) is 124 Å². The highest BCUT2D eigenvalue weighted by molar-refractivity contribution is 6.09. The van der Waals surface area contributed by atoms with Crippen LogP contribution in [0.3, 0.4) is 0 Å². The van der Waals surface area contributed by atoms with Crippen LogP contribution < -0.4 is 10.5 Å². The Bertz CT molecular complexity index is 1190. The average molecular weight is 420 g/mol. The third-order valence-electron chi connectivity index (χ3n) is 6.01. The molecule has 0 aromatic carbocycles. The summed E-state index contributed by atoms with van der Waals surface area (Å²) in [4.78, 5) is 12.9. The summed E-state index contributed by atoms with van der Waals surface area (Å²) in [6.45, 7) is 3.79. The van der Waals surface area contributed by atoms with E-state index in [2.05, 4.69) is 26.8 Å². The third-order valence-corrected chi connectivity index (χ3v) is 6.01. The van der Waals surface area contributed by atoms with Gasteiger partial charge in [0, 0.05) is 30.3 Å². The highest BCUT2D eigenvalue weighted by atomic mass is 16.5. The lowest BCUT2D eigenvalue weighted by molar-refractivity contribution is 0.166. The fraction of sp³-hybridized carbons (Fsp3) is 0.364. The summed E-state index contributed by atoms with van der Waals surface area (Å²) in [5.74, 6) is 2.47. The number of nitrogens with zero attached hydrogens (tertiary/aromatic N) is 5. The van der Waals surface area contributed by atoms with Crippen LogP contribution in [0.5, 0.6) is 5.88 Å². The number of aliphatic hydroxyl groups is 1. The van der Waals surface area contributed by atoms with Crippen molar-refractivity contribution < 1.29 is 14.4 Å². The largest absolute Gasteiger partial charge is 0.481 e. The number of aliphatic imine (C=N–C) groups is 2. The molecule has 0 bridgehead atoms. The lowest BCUT2D eigenvalue weighted by Gasteiger charge is -2.13. The molecule has 2 aliphatic rings. The first kappa shape index (κ1) is 19.5. The van der Waals surface area contributed by atoms with E-state index in [0.717, 1.165) is 41.1 Å². The second-order valence-electron chi connectivity index (χ2n) is 7.82. The molecule has 3 aromatic rings. The van der Waals surface area contributed by atoms with Gasteiger partial charge in [0.2, 0.25) is 5.88 Å². The third kappa shape index (κ3) is 2.96. The van der Waals surface area contributed by atoms with Gasteiger partial charge < -0.3 is 20.1 Å². The molecule has 0 spiro atoms. The molecule has 0 saturated heterocycles. The van der Waals surface area contributed by atoms with Crippen molar-refractivity contribution in [3.63, 3.8) is 0 Å². The SMILES string of the molecule is C=Nc1c(C(N)=NC)c2c(n1-c1ccc(OC)nc1)CCC(O)c1c-2noc1C1CC1. The van der Waals surface area contributed by atoms with Crippen molar-refractivity contribution in [3.05, 3.63) is 40.9 Å². The van der Waals surface area contributed by atoms with Gasteiger partial charge in [-0.2, -0.15) is 0 Å². The van der Waals surface area contributed by atoms with Crippen LogP contribution in [0.25, 0.3) is 16.9 Å². The average Bonchev–Trinajstić information content (AvgIpc) is 3.49. The molecule has 160 valence electrons. The molecule has 2 aliphatic carbocycles. The van der Waals surface area contributed by atoms with Gasteiger partial charge in [-0.05, 0) is 38.5 Å². The zero-order valence-electron chi connectivity index (χ0n) is 17.5. The van der Waals surface area contributed by atoms with Gasteiger partial charge in [0.15, 0.2) is 0 Å². The molecule has 3 aromatic heterocycles. The molecule has 0 amide bonds. The van der Waals surface area contributed by atoms with Crippen LogP contribution >= 0.6 is 0 Å². The summed E-state index contributed by atoms with van der Waals surface area (Å²) >= 11 is 0. The number of amidine groups is 1. The molecule has 0 aliphatic heterocycles. The minimum absolute atomic E-state index is 0.317. The molecule has 1 fully saturated rings. The molecule has 1 saturated carbocycles. The first-order valence-electron chi connectivity index (χ1n) is 10.2. The van der Waals surface area contributed by atoms with Crippen molar-refractivity contribution in [3.8, 4) is 22.8 Å². The Kier molecular flexibility index (Phi) is 4.62. The monoisotopic (exact) mass is 420 g/mol. The molecule has 9 heteroatoms. The van der Waals surface area contributed by atoms with Gasteiger partial charge in [-0.1, -0.05) is 5.16 Å². The summed E-state index contributed by atoms with van der Waals surface area (Å²) in [6.07, 6.45) is 4.24. The Morgan fingerprint density at radius 2 is 2.16 bits per heavy atom. The summed E-state index contributed by atoms with van der Waals surface area (Å²) in [5, 5.41) is 15.4. The molecule has 9 nitrogen and oxygen atoms in total. The zero-order valence-corrected chi connectivity index (χ0v) is 17.5. The van der Waals surface area contributed by atoms with E-state index in [9.17, 15) is 5.11 Å². The van der Waals surface area contributed by atoms with Crippen LogP contribution in [-0.4, -0.2) is 46.5 Å². The van der Waals surface area contributed by atoms with E-state index in [1.54, 1.807) is 26.4 Å². The Morgan fingerprint density at radius 3 is 2.77 bits per heavy atom. The van der Waals surface area contributed by atoms with Crippen molar-refractivity contribution in [2.75, 3.05) is 14.2 Å². The molecule has 3 heterocycles. The second kappa shape index (κ2) is 7.35. The molecule has 5 rings (SSSR count). The highest BCUT2D eigenvalue weighted by Crippen LogP contribution is 2.50. The van der Waals surface area contributed by atoms with E-state index in [0.29, 0.717) is 47.6 Å². The quantitative estimate of drug-likeness (QED) is 0.483. The van der Waals surface area contributed by atoms with Gasteiger partial charge in [-0.15, -0.1) is 0 Å². The second-order valence-corrected chi connectivity index (χ2v) is 7.82. The minimum Gasteiger partial charge on any atom is -0.481 e. The number of rotatable bonds is 5. The Balaban J connectivity index is 1.83. The first-order valence-corrected chi connectivity index (χ1v) is 10.2.